The van der Waals surface area contributed by atoms with Gasteiger partial charge in [-0.15, -0.1) is 0 Å². The zero-order chi connectivity index (χ0) is 9.97. The smallest absolute Gasteiger partial charge is 0.112 e. The molecule has 1 atom stereocenters. The molecule has 0 saturated heterocycles. The molecule has 0 saturated carbocycles. The van der Waals surface area contributed by atoms with Crippen LogP contribution in [0.5, 0.6) is 0 Å². The second-order valence-electron chi connectivity index (χ2n) is 3.23. The van der Waals surface area contributed by atoms with Crippen LogP contribution in [0.3, 0.4) is 0 Å². The zero-order valence-corrected chi connectivity index (χ0v) is 7.91. The molecule has 1 heterocycles. The van der Waals surface area contributed by atoms with Crippen LogP contribution in [0, 0.1) is 11.8 Å². The minimum atomic E-state index is -0.572. The first-order valence-electron chi connectivity index (χ1n) is 4.52. The van der Waals surface area contributed by atoms with E-state index in [1.165, 1.54) is 0 Å². The van der Waals surface area contributed by atoms with Crippen molar-refractivity contribution in [2.24, 2.45) is 0 Å². The first kappa shape index (κ1) is 8.86. The number of aromatic nitrogens is 1. The second-order valence-corrected chi connectivity index (χ2v) is 3.23. The van der Waals surface area contributed by atoms with Gasteiger partial charge in [0, 0.05) is 22.7 Å². The zero-order valence-electron chi connectivity index (χ0n) is 7.91. The normalized spacial score (nSPS) is 12.1. The molecule has 0 bridgehead atoms. The van der Waals surface area contributed by atoms with E-state index in [4.69, 9.17) is 5.11 Å². The Kier molecular flexibility index (Phi) is 2.26. The van der Waals surface area contributed by atoms with E-state index in [1.807, 2.05) is 30.5 Å². The third-order valence-corrected chi connectivity index (χ3v) is 1.98. The largest absolute Gasteiger partial charge is 0.381 e. The van der Waals surface area contributed by atoms with Gasteiger partial charge < -0.3 is 10.1 Å². The number of aromatic amines is 1. The molecule has 14 heavy (non-hydrogen) atoms. The highest BCUT2D eigenvalue weighted by molar-refractivity contribution is 5.80. The van der Waals surface area contributed by atoms with E-state index in [0.717, 1.165) is 16.5 Å². The monoisotopic (exact) mass is 185 g/mol. The van der Waals surface area contributed by atoms with Gasteiger partial charge in [-0.3, -0.25) is 0 Å². The molecule has 0 aliphatic rings. The summed E-state index contributed by atoms with van der Waals surface area (Å²) in [7, 11) is 0. The SMILES string of the molecule is CC(O)C#Cc1ccc2[nH]ccc2c1. The van der Waals surface area contributed by atoms with Gasteiger partial charge in [0.05, 0.1) is 0 Å². The molecule has 1 aromatic heterocycles. The lowest BCUT2D eigenvalue weighted by molar-refractivity contribution is 0.253. The van der Waals surface area contributed by atoms with Crippen molar-refractivity contribution < 1.29 is 5.11 Å². The first-order valence-corrected chi connectivity index (χ1v) is 4.52. The van der Waals surface area contributed by atoms with E-state index >= 15 is 0 Å². The summed E-state index contributed by atoms with van der Waals surface area (Å²) in [5.74, 6) is 5.63. The summed E-state index contributed by atoms with van der Waals surface area (Å²) in [5.41, 5.74) is 2.03. The highest BCUT2D eigenvalue weighted by atomic mass is 16.3. The predicted molar refractivity (Wildman–Crippen MR) is 56.9 cm³/mol. The van der Waals surface area contributed by atoms with Crippen molar-refractivity contribution in [2.45, 2.75) is 13.0 Å². The van der Waals surface area contributed by atoms with Crippen molar-refractivity contribution in [3.05, 3.63) is 36.0 Å². The second kappa shape index (κ2) is 3.57. The number of rotatable bonds is 0. The Labute approximate surface area is 82.6 Å². The van der Waals surface area contributed by atoms with Crippen molar-refractivity contribution >= 4 is 10.9 Å². The van der Waals surface area contributed by atoms with Gasteiger partial charge in [-0.1, -0.05) is 11.8 Å². The fraction of sp³-hybridized carbons (Fsp3) is 0.167. The van der Waals surface area contributed by atoms with Crippen LogP contribution < -0.4 is 0 Å². The maximum atomic E-state index is 9.01. The van der Waals surface area contributed by atoms with Gasteiger partial charge in [0.15, 0.2) is 0 Å². The van der Waals surface area contributed by atoms with E-state index in [9.17, 15) is 0 Å². The number of benzene rings is 1. The lowest BCUT2D eigenvalue weighted by Gasteiger charge is -1.92. The Balaban J connectivity index is 2.41. The highest BCUT2D eigenvalue weighted by Gasteiger charge is 1.94. The van der Waals surface area contributed by atoms with E-state index < -0.39 is 6.10 Å². The summed E-state index contributed by atoms with van der Waals surface area (Å²) in [6.07, 6.45) is 1.33. The molecule has 2 N–H and O–H groups in total. The average molecular weight is 185 g/mol. The number of aliphatic hydroxyl groups is 1. The van der Waals surface area contributed by atoms with Gasteiger partial charge in [0.2, 0.25) is 0 Å². The van der Waals surface area contributed by atoms with Gasteiger partial charge in [-0.2, -0.15) is 0 Å². The van der Waals surface area contributed by atoms with Crippen LogP contribution in [-0.2, 0) is 0 Å². The van der Waals surface area contributed by atoms with Crippen molar-refractivity contribution in [1.82, 2.24) is 4.98 Å². The van der Waals surface area contributed by atoms with E-state index in [-0.39, 0.29) is 0 Å². The number of hydrogen-bond acceptors (Lipinski definition) is 1. The topological polar surface area (TPSA) is 36.0 Å². The molecule has 2 nitrogen and oxygen atoms in total. The van der Waals surface area contributed by atoms with Gasteiger partial charge in [-0.05, 0) is 31.2 Å². The molecule has 2 rings (SSSR count). The average Bonchev–Trinajstić information content (AvgIpc) is 2.61. The Hall–Kier alpha value is -1.72. The fourth-order valence-electron chi connectivity index (χ4n) is 1.32. The molecule has 1 aromatic carbocycles. The first-order chi connectivity index (χ1) is 6.75. The third kappa shape index (κ3) is 1.78. The molecule has 70 valence electrons. The number of aliphatic hydroxyl groups excluding tert-OH is 1. The van der Waals surface area contributed by atoms with Crippen LogP contribution in [0.15, 0.2) is 30.5 Å². The Morgan fingerprint density at radius 1 is 1.36 bits per heavy atom. The summed E-state index contributed by atoms with van der Waals surface area (Å²) < 4.78 is 0. The summed E-state index contributed by atoms with van der Waals surface area (Å²) in [5, 5.41) is 10.1. The molecule has 2 heteroatoms. The molecule has 0 aliphatic carbocycles. The quantitative estimate of drug-likeness (QED) is 0.604. The van der Waals surface area contributed by atoms with Crippen molar-refractivity contribution in [3.63, 3.8) is 0 Å². The lowest BCUT2D eigenvalue weighted by atomic mass is 10.1. The molecule has 0 fully saturated rings. The molecule has 2 aromatic rings. The lowest BCUT2D eigenvalue weighted by Crippen LogP contribution is -1.92. The van der Waals surface area contributed by atoms with E-state index in [2.05, 4.69) is 16.8 Å². The van der Waals surface area contributed by atoms with E-state index in [0.29, 0.717) is 0 Å². The summed E-state index contributed by atoms with van der Waals surface area (Å²) in [4.78, 5) is 3.11. The molecular formula is C12H11NO. The molecule has 1 unspecified atom stereocenters. The van der Waals surface area contributed by atoms with Crippen LogP contribution in [0.25, 0.3) is 10.9 Å². The molecule has 0 radical (unpaired) electrons. The van der Waals surface area contributed by atoms with Gasteiger partial charge >= 0.3 is 0 Å². The maximum Gasteiger partial charge on any atom is 0.112 e. The summed E-state index contributed by atoms with van der Waals surface area (Å²) >= 11 is 0. The van der Waals surface area contributed by atoms with Gasteiger partial charge in [0.25, 0.3) is 0 Å². The minimum Gasteiger partial charge on any atom is -0.381 e. The number of fused-ring (bicyclic) bond motifs is 1. The minimum absolute atomic E-state index is 0.572. The van der Waals surface area contributed by atoms with Crippen LogP contribution in [0.1, 0.15) is 12.5 Å². The number of H-pyrrole nitrogens is 1. The third-order valence-electron chi connectivity index (χ3n) is 1.98. The van der Waals surface area contributed by atoms with Crippen LogP contribution in [0.4, 0.5) is 0 Å². The van der Waals surface area contributed by atoms with Crippen LogP contribution in [0.2, 0.25) is 0 Å². The van der Waals surface area contributed by atoms with Crippen LogP contribution in [-0.4, -0.2) is 16.2 Å². The molecular weight excluding hydrogens is 174 g/mol. The van der Waals surface area contributed by atoms with E-state index in [1.54, 1.807) is 6.92 Å². The molecule has 0 spiro atoms. The maximum absolute atomic E-state index is 9.01. The number of hydrogen-bond donors (Lipinski definition) is 2. The van der Waals surface area contributed by atoms with Crippen molar-refractivity contribution in [2.75, 3.05) is 0 Å². The van der Waals surface area contributed by atoms with Gasteiger partial charge in [0.1, 0.15) is 6.10 Å². The molecule has 0 amide bonds. The Bertz CT molecular complexity index is 500. The van der Waals surface area contributed by atoms with Crippen molar-refractivity contribution in [3.8, 4) is 11.8 Å². The summed E-state index contributed by atoms with van der Waals surface area (Å²) in [6, 6.07) is 7.93. The predicted octanol–water partition coefficient (Wildman–Crippen LogP) is 1.90. The standard InChI is InChI=1S/C12H11NO/c1-9(14)2-3-10-4-5-12-11(8-10)6-7-13-12/h4-9,13-14H,1H3. The molecule has 0 aliphatic heterocycles. The number of nitrogens with one attached hydrogen (secondary N) is 1. The van der Waals surface area contributed by atoms with Crippen molar-refractivity contribution in [1.29, 1.82) is 0 Å². The van der Waals surface area contributed by atoms with Crippen LogP contribution >= 0.6 is 0 Å². The Morgan fingerprint density at radius 2 is 2.21 bits per heavy atom. The summed E-state index contributed by atoms with van der Waals surface area (Å²) in [6.45, 7) is 1.65. The highest BCUT2D eigenvalue weighted by Crippen LogP contribution is 2.13. The fourth-order valence-corrected chi connectivity index (χ4v) is 1.32. The Morgan fingerprint density at radius 3 is 3.00 bits per heavy atom. The van der Waals surface area contributed by atoms with Gasteiger partial charge in [-0.25, -0.2) is 0 Å².